The third-order valence-electron chi connectivity index (χ3n) is 6.87. The van der Waals surface area contributed by atoms with Gasteiger partial charge in [-0.3, -0.25) is 9.69 Å². The van der Waals surface area contributed by atoms with E-state index in [4.69, 9.17) is 10.5 Å². The molecular weight excluding hydrogens is 520 g/mol. The number of hydrogen-bond acceptors (Lipinski definition) is 6. The molecule has 2 aromatic carbocycles. The van der Waals surface area contributed by atoms with Crippen LogP contribution in [0.1, 0.15) is 66.4 Å². The quantitative estimate of drug-likeness (QED) is 0.195. The first kappa shape index (κ1) is 29.5. The summed E-state index contributed by atoms with van der Waals surface area (Å²) in [5.41, 5.74) is 9.65. The normalized spacial score (nSPS) is 12.7. The first-order valence-corrected chi connectivity index (χ1v) is 13.9. The number of fused-ring (bicyclic) bond motifs is 1. The van der Waals surface area contributed by atoms with Gasteiger partial charge in [0.05, 0.1) is 12.6 Å². The second-order valence-electron chi connectivity index (χ2n) is 10.5. The number of imidazole rings is 1. The third-order valence-corrected chi connectivity index (χ3v) is 6.87. The summed E-state index contributed by atoms with van der Waals surface area (Å²) in [6, 6.07) is 14.8. The zero-order chi connectivity index (χ0) is 29.5. The molecule has 10 heteroatoms. The van der Waals surface area contributed by atoms with Gasteiger partial charge in [0.15, 0.2) is 5.69 Å². The van der Waals surface area contributed by atoms with E-state index in [9.17, 15) is 14.4 Å². The number of carbonyl (C=O) groups is 3. The zero-order valence-electron chi connectivity index (χ0n) is 23.9. The molecule has 0 spiro atoms. The Bertz CT molecular complexity index is 1490. The summed E-state index contributed by atoms with van der Waals surface area (Å²) in [5, 5.41) is 3.84. The Balaban J connectivity index is 1.79. The highest BCUT2D eigenvalue weighted by Gasteiger charge is 2.37. The Labute approximate surface area is 239 Å². The highest BCUT2D eigenvalue weighted by molar-refractivity contribution is 5.97. The fourth-order valence-corrected chi connectivity index (χ4v) is 4.90. The number of ether oxygens (including phenoxy) is 1. The van der Waals surface area contributed by atoms with Gasteiger partial charge in [0, 0.05) is 35.8 Å². The van der Waals surface area contributed by atoms with E-state index >= 15 is 0 Å². The molecule has 0 fully saturated rings. The maximum Gasteiger partial charge on any atom is 0.358 e. The molecule has 0 radical (unpaired) electrons. The number of rotatable bonds is 11. The Morgan fingerprint density at radius 3 is 2.49 bits per heavy atom. The Morgan fingerprint density at radius 1 is 1.07 bits per heavy atom. The average molecular weight is 559 g/mol. The summed E-state index contributed by atoms with van der Waals surface area (Å²) < 4.78 is 5.18. The minimum Gasteiger partial charge on any atom is -0.461 e. The van der Waals surface area contributed by atoms with Crippen LogP contribution in [0.15, 0.2) is 60.8 Å². The molecule has 41 heavy (non-hydrogen) atoms. The molecule has 10 nitrogen and oxygen atoms in total. The van der Waals surface area contributed by atoms with Gasteiger partial charge in [0.1, 0.15) is 11.9 Å². The lowest BCUT2D eigenvalue weighted by Crippen LogP contribution is -2.52. The van der Waals surface area contributed by atoms with E-state index in [-0.39, 0.29) is 37.0 Å². The van der Waals surface area contributed by atoms with Crippen LogP contribution in [0.5, 0.6) is 0 Å². The monoisotopic (exact) mass is 558 g/mol. The minimum absolute atomic E-state index is 0.106. The van der Waals surface area contributed by atoms with Crippen molar-refractivity contribution >= 4 is 28.8 Å². The van der Waals surface area contributed by atoms with Gasteiger partial charge in [-0.15, -0.1) is 0 Å². The number of aryl methyl sites for hydroxylation is 1. The summed E-state index contributed by atoms with van der Waals surface area (Å²) in [4.78, 5) is 52.6. The van der Waals surface area contributed by atoms with Crippen LogP contribution in [0, 0.1) is 12.8 Å². The molecule has 0 unspecified atom stereocenters. The molecule has 0 saturated carbocycles. The fraction of sp³-hybridized carbons (Fsp3) is 0.355. The predicted octanol–water partition coefficient (Wildman–Crippen LogP) is 4.77. The Kier molecular flexibility index (Phi) is 9.57. The molecule has 0 aliphatic rings. The van der Waals surface area contributed by atoms with Gasteiger partial charge in [-0.05, 0) is 43.4 Å². The molecule has 3 amide bonds. The SMILES string of the molecule is CCOC(=O)c1nc([C@@H](Cc2c[nH]c3ccccc23)N(C(=O)NCc2ccccc2)C(=O)[C@@H](N)CC(C)C)[nH]c1C. The molecule has 0 aliphatic heterocycles. The maximum atomic E-state index is 14.0. The molecule has 216 valence electrons. The second-order valence-corrected chi connectivity index (χ2v) is 10.5. The number of para-hydroxylation sites is 1. The zero-order valence-corrected chi connectivity index (χ0v) is 23.9. The number of imide groups is 1. The molecule has 0 aliphatic carbocycles. The highest BCUT2D eigenvalue weighted by atomic mass is 16.5. The average Bonchev–Trinajstić information content (AvgIpc) is 3.55. The van der Waals surface area contributed by atoms with Gasteiger partial charge in [-0.1, -0.05) is 62.4 Å². The first-order chi connectivity index (χ1) is 19.7. The number of amides is 3. The van der Waals surface area contributed by atoms with E-state index in [0.29, 0.717) is 12.1 Å². The van der Waals surface area contributed by atoms with Crippen LogP contribution >= 0.6 is 0 Å². The van der Waals surface area contributed by atoms with E-state index in [1.54, 1.807) is 13.8 Å². The number of nitrogens with two attached hydrogens (primary N) is 1. The van der Waals surface area contributed by atoms with Crippen LogP contribution in [0.2, 0.25) is 0 Å². The van der Waals surface area contributed by atoms with Crippen molar-refractivity contribution in [2.24, 2.45) is 11.7 Å². The van der Waals surface area contributed by atoms with Crippen LogP contribution in [0.4, 0.5) is 4.79 Å². The van der Waals surface area contributed by atoms with E-state index in [1.807, 2.05) is 74.6 Å². The summed E-state index contributed by atoms with van der Waals surface area (Å²) in [5.74, 6) is -0.686. The number of H-pyrrole nitrogens is 2. The van der Waals surface area contributed by atoms with Crippen LogP contribution < -0.4 is 11.1 Å². The van der Waals surface area contributed by atoms with Gasteiger partial charge in [0.2, 0.25) is 5.91 Å². The smallest absolute Gasteiger partial charge is 0.358 e. The van der Waals surface area contributed by atoms with E-state index < -0.39 is 30.0 Å². The minimum atomic E-state index is -0.913. The number of esters is 1. The number of carbonyl (C=O) groups excluding carboxylic acids is 3. The summed E-state index contributed by atoms with van der Waals surface area (Å²) in [7, 11) is 0. The van der Waals surface area contributed by atoms with Crippen molar-refractivity contribution in [1.82, 2.24) is 25.2 Å². The predicted molar refractivity (Wildman–Crippen MR) is 157 cm³/mol. The van der Waals surface area contributed by atoms with Crippen LogP contribution in [-0.4, -0.2) is 50.4 Å². The van der Waals surface area contributed by atoms with Crippen molar-refractivity contribution < 1.29 is 19.1 Å². The van der Waals surface area contributed by atoms with E-state index in [1.165, 1.54) is 0 Å². The van der Waals surface area contributed by atoms with Crippen molar-refractivity contribution in [3.05, 3.63) is 89.1 Å². The van der Waals surface area contributed by atoms with Gasteiger partial charge < -0.3 is 25.8 Å². The lowest BCUT2D eigenvalue weighted by atomic mass is 10.00. The largest absolute Gasteiger partial charge is 0.461 e. The molecule has 2 heterocycles. The standard InChI is InChI=1S/C31H38N6O4/c1-5-41-30(39)27-20(4)35-28(36-27)26(16-22-18-33-25-14-10-9-13-23(22)25)37(29(38)24(32)15-19(2)3)31(40)34-17-21-11-7-6-8-12-21/h6-14,18-19,24,26,33H,5,15-17,32H2,1-4H3,(H,34,40)(H,35,36)/t24-,26+/m0/s1. The van der Waals surface area contributed by atoms with Crippen molar-refractivity contribution in [3.63, 3.8) is 0 Å². The van der Waals surface area contributed by atoms with Crippen molar-refractivity contribution in [2.75, 3.05) is 6.61 Å². The maximum absolute atomic E-state index is 14.0. The van der Waals surface area contributed by atoms with Crippen LogP contribution in [0.25, 0.3) is 10.9 Å². The number of aromatic nitrogens is 3. The highest BCUT2D eigenvalue weighted by Crippen LogP contribution is 2.30. The van der Waals surface area contributed by atoms with Crippen molar-refractivity contribution in [2.45, 2.75) is 59.2 Å². The van der Waals surface area contributed by atoms with Gasteiger partial charge >= 0.3 is 12.0 Å². The van der Waals surface area contributed by atoms with Crippen LogP contribution in [0.3, 0.4) is 0 Å². The number of hydrogen-bond donors (Lipinski definition) is 4. The molecule has 5 N–H and O–H groups in total. The number of benzene rings is 2. The molecule has 2 aromatic heterocycles. The van der Waals surface area contributed by atoms with Crippen molar-refractivity contribution in [1.29, 1.82) is 0 Å². The van der Waals surface area contributed by atoms with Gasteiger partial charge in [-0.25, -0.2) is 14.6 Å². The lowest BCUT2D eigenvalue weighted by Gasteiger charge is -2.31. The molecule has 0 bridgehead atoms. The number of aromatic amines is 2. The molecule has 4 aromatic rings. The van der Waals surface area contributed by atoms with E-state index in [2.05, 4.69) is 20.3 Å². The topological polar surface area (TPSA) is 146 Å². The molecule has 0 saturated heterocycles. The number of nitrogens with one attached hydrogen (secondary N) is 3. The summed E-state index contributed by atoms with van der Waals surface area (Å²) in [6.07, 6.45) is 2.49. The fourth-order valence-electron chi connectivity index (χ4n) is 4.90. The Morgan fingerprint density at radius 2 is 1.78 bits per heavy atom. The second kappa shape index (κ2) is 13.3. The third kappa shape index (κ3) is 7.01. The Hall–Kier alpha value is -4.44. The number of urea groups is 1. The van der Waals surface area contributed by atoms with Crippen molar-refractivity contribution in [3.8, 4) is 0 Å². The van der Waals surface area contributed by atoms with E-state index in [0.717, 1.165) is 26.9 Å². The summed E-state index contributed by atoms with van der Waals surface area (Å²) >= 11 is 0. The first-order valence-electron chi connectivity index (χ1n) is 13.9. The lowest BCUT2D eigenvalue weighted by molar-refractivity contribution is -0.132. The molecular formula is C31H38N6O4. The van der Waals surface area contributed by atoms with Crippen LogP contribution in [-0.2, 0) is 22.5 Å². The van der Waals surface area contributed by atoms with Gasteiger partial charge in [0.25, 0.3) is 0 Å². The number of nitrogens with zero attached hydrogens (tertiary/aromatic N) is 2. The van der Waals surface area contributed by atoms with Gasteiger partial charge in [-0.2, -0.15) is 0 Å². The molecule has 4 rings (SSSR count). The summed E-state index contributed by atoms with van der Waals surface area (Å²) in [6.45, 7) is 7.77. The molecule has 2 atom stereocenters.